The van der Waals surface area contributed by atoms with Crippen LogP contribution in [0.1, 0.15) is 33.6 Å². The Morgan fingerprint density at radius 3 is 2.40 bits per heavy atom. The van der Waals surface area contributed by atoms with E-state index in [1.54, 1.807) is 24.3 Å². The summed E-state index contributed by atoms with van der Waals surface area (Å²) in [5.74, 6) is 1.44. The van der Waals surface area contributed by atoms with Gasteiger partial charge in [0.05, 0.1) is 0 Å². The largest absolute Gasteiger partial charge is 0.491 e. The summed E-state index contributed by atoms with van der Waals surface area (Å²) in [6, 6.07) is 7.56. The van der Waals surface area contributed by atoms with Crippen LogP contribution in [0.5, 0.6) is 5.75 Å². The molecule has 0 aromatic heterocycles. The number of nitrogens with one attached hydrogen (secondary N) is 1. The maximum atomic E-state index is 9.88. The Bertz CT molecular complexity index is 367. The molecule has 20 heavy (non-hydrogen) atoms. The molecule has 0 spiro atoms. The molecule has 0 saturated heterocycles. The molecule has 0 amide bonds. The Morgan fingerprint density at radius 2 is 1.80 bits per heavy atom. The van der Waals surface area contributed by atoms with Crippen LogP contribution in [0.4, 0.5) is 0 Å². The molecular formula is C16H26ClNO2. The first-order valence-corrected chi connectivity index (χ1v) is 7.65. The molecule has 2 unspecified atom stereocenters. The van der Waals surface area contributed by atoms with Crippen LogP contribution in [0.3, 0.4) is 0 Å². The molecular weight excluding hydrogens is 274 g/mol. The first-order chi connectivity index (χ1) is 9.47. The van der Waals surface area contributed by atoms with Crippen molar-refractivity contribution in [2.75, 3.05) is 13.2 Å². The number of ether oxygens (including phenoxy) is 1. The fourth-order valence-electron chi connectivity index (χ4n) is 1.80. The van der Waals surface area contributed by atoms with Crippen molar-refractivity contribution in [3.05, 3.63) is 29.3 Å². The quantitative estimate of drug-likeness (QED) is 0.733. The lowest BCUT2D eigenvalue weighted by molar-refractivity contribution is 0.103. The monoisotopic (exact) mass is 299 g/mol. The minimum absolute atomic E-state index is 0.283. The van der Waals surface area contributed by atoms with E-state index >= 15 is 0 Å². The molecule has 2 N–H and O–H groups in total. The van der Waals surface area contributed by atoms with E-state index in [1.165, 1.54) is 6.42 Å². The molecule has 0 aliphatic rings. The van der Waals surface area contributed by atoms with E-state index < -0.39 is 6.10 Å². The van der Waals surface area contributed by atoms with Crippen LogP contribution in [-0.4, -0.2) is 30.4 Å². The fraction of sp³-hybridized carbons (Fsp3) is 0.625. The first kappa shape index (κ1) is 17.3. The van der Waals surface area contributed by atoms with Crippen LogP contribution >= 0.6 is 11.6 Å². The topological polar surface area (TPSA) is 41.5 Å². The smallest absolute Gasteiger partial charge is 0.119 e. The molecule has 0 radical (unpaired) electrons. The van der Waals surface area contributed by atoms with Crippen LogP contribution < -0.4 is 10.1 Å². The van der Waals surface area contributed by atoms with Gasteiger partial charge in [-0.25, -0.2) is 0 Å². The van der Waals surface area contributed by atoms with Gasteiger partial charge in [-0.2, -0.15) is 0 Å². The first-order valence-electron chi connectivity index (χ1n) is 7.27. The van der Waals surface area contributed by atoms with Gasteiger partial charge in [-0.15, -0.1) is 0 Å². The fourth-order valence-corrected chi connectivity index (χ4v) is 1.93. The van der Waals surface area contributed by atoms with Gasteiger partial charge >= 0.3 is 0 Å². The number of halogens is 1. The zero-order valence-corrected chi connectivity index (χ0v) is 13.4. The normalized spacial score (nSPS) is 14.3. The van der Waals surface area contributed by atoms with E-state index in [2.05, 4.69) is 26.1 Å². The summed E-state index contributed by atoms with van der Waals surface area (Å²) in [5.41, 5.74) is 0. The molecule has 0 saturated carbocycles. The van der Waals surface area contributed by atoms with E-state index in [4.69, 9.17) is 16.3 Å². The van der Waals surface area contributed by atoms with E-state index in [0.717, 1.165) is 18.1 Å². The summed E-state index contributed by atoms with van der Waals surface area (Å²) in [7, 11) is 0. The molecule has 0 fully saturated rings. The van der Waals surface area contributed by atoms with Crippen LogP contribution in [0, 0.1) is 5.92 Å². The van der Waals surface area contributed by atoms with Gasteiger partial charge in [-0.05, 0) is 49.9 Å². The predicted molar refractivity (Wildman–Crippen MR) is 84.5 cm³/mol. The Labute approximate surface area is 127 Å². The molecule has 4 heteroatoms. The molecule has 0 aliphatic carbocycles. The summed E-state index contributed by atoms with van der Waals surface area (Å²) < 4.78 is 5.50. The number of hydrogen-bond acceptors (Lipinski definition) is 3. The zero-order valence-electron chi connectivity index (χ0n) is 12.6. The summed E-state index contributed by atoms with van der Waals surface area (Å²) in [5, 5.41) is 13.9. The lowest BCUT2D eigenvalue weighted by Gasteiger charge is -2.18. The predicted octanol–water partition coefficient (Wildman–Crippen LogP) is 3.49. The molecule has 0 heterocycles. The highest BCUT2D eigenvalue weighted by atomic mass is 35.5. The number of hydrogen-bond donors (Lipinski definition) is 2. The lowest BCUT2D eigenvalue weighted by atomic mass is 10.0. The van der Waals surface area contributed by atoms with Crippen molar-refractivity contribution in [3.8, 4) is 5.75 Å². The molecule has 0 aliphatic heterocycles. The van der Waals surface area contributed by atoms with Gasteiger partial charge in [0.15, 0.2) is 0 Å². The van der Waals surface area contributed by atoms with Crippen LogP contribution in [-0.2, 0) is 0 Å². The highest BCUT2D eigenvalue weighted by Gasteiger charge is 2.08. The summed E-state index contributed by atoms with van der Waals surface area (Å²) in [6.07, 6.45) is 1.82. The molecule has 1 aromatic rings. The van der Waals surface area contributed by atoms with E-state index in [9.17, 15) is 5.11 Å². The standard InChI is InChI=1S/C16H26ClNO2/c1-12(2)4-5-13(3)18-10-15(19)11-20-16-8-6-14(17)7-9-16/h6-9,12-13,15,18-19H,4-5,10-11H2,1-3H3. The minimum Gasteiger partial charge on any atom is -0.491 e. The van der Waals surface area contributed by atoms with Gasteiger partial charge in [-0.1, -0.05) is 25.4 Å². The number of aliphatic hydroxyl groups excluding tert-OH is 1. The number of rotatable bonds is 9. The summed E-state index contributed by atoms with van der Waals surface area (Å²) in [6.45, 7) is 7.43. The van der Waals surface area contributed by atoms with E-state index in [0.29, 0.717) is 17.6 Å². The zero-order chi connectivity index (χ0) is 15.0. The third kappa shape index (κ3) is 7.73. The van der Waals surface area contributed by atoms with Crippen molar-refractivity contribution in [3.63, 3.8) is 0 Å². The maximum Gasteiger partial charge on any atom is 0.119 e. The second-order valence-electron chi connectivity index (χ2n) is 5.70. The highest BCUT2D eigenvalue weighted by molar-refractivity contribution is 6.30. The Morgan fingerprint density at radius 1 is 1.15 bits per heavy atom. The molecule has 3 nitrogen and oxygen atoms in total. The van der Waals surface area contributed by atoms with E-state index in [-0.39, 0.29) is 6.61 Å². The van der Waals surface area contributed by atoms with Gasteiger partial charge in [0.25, 0.3) is 0 Å². The number of benzene rings is 1. The van der Waals surface area contributed by atoms with Gasteiger partial charge in [0.1, 0.15) is 18.5 Å². The average molecular weight is 300 g/mol. The molecule has 2 atom stereocenters. The lowest BCUT2D eigenvalue weighted by Crippen LogP contribution is -2.36. The molecule has 1 rings (SSSR count). The van der Waals surface area contributed by atoms with Crippen LogP contribution in [0.15, 0.2) is 24.3 Å². The van der Waals surface area contributed by atoms with Crippen LogP contribution in [0.25, 0.3) is 0 Å². The third-order valence-corrected chi connectivity index (χ3v) is 3.39. The van der Waals surface area contributed by atoms with Crippen molar-refractivity contribution in [2.45, 2.75) is 45.8 Å². The van der Waals surface area contributed by atoms with Crippen molar-refractivity contribution in [1.82, 2.24) is 5.32 Å². The van der Waals surface area contributed by atoms with Crippen molar-refractivity contribution < 1.29 is 9.84 Å². The van der Waals surface area contributed by atoms with Gasteiger partial charge < -0.3 is 15.2 Å². The Balaban J connectivity index is 2.16. The van der Waals surface area contributed by atoms with Gasteiger partial charge in [0.2, 0.25) is 0 Å². The summed E-state index contributed by atoms with van der Waals surface area (Å²) >= 11 is 5.80. The van der Waals surface area contributed by atoms with Crippen molar-refractivity contribution >= 4 is 11.6 Å². The summed E-state index contributed by atoms with van der Waals surface area (Å²) in [4.78, 5) is 0. The second-order valence-corrected chi connectivity index (χ2v) is 6.14. The highest BCUT2D eigenvalue weighted by Crippen LogP contribution is 2.15. The Kier molecular flexibility index (Phi) is 7.97. The molecule has 0 bridgehead atoms. The van der Waals surface area contributed by atoms with Gasteiger partial charge in [-0.3, -0.25) is 0 Å². The average Bonchev–Trinajstić information content (AvgIpc) is 2.42. The van der Waals surface area contributed by atoms with Gasteiger partial charge in [0, 0.05) is 17.6 Å². The third-order valence-electron chi connectivity index (χ3n) is 3.13. The number of aliphatic hydroxyl groups is 1. The maximum absolute atomic E-state index is 9.88. The second kappa shape index (κ2) is 9.22. The minimum atomic E-state index is -0.507. The SMILES string of the molecule is CC(C)CCC(C)NCC(O)COc1ccc(Cl)cc1. The van der Waals surface area contributed by atoms with Crippen molar-refractivity contribution in [1.29, 1.82) is 0 Å². The molecule has 1 aromatic carbocycles. The van der Waals surface area contributed by atoms with Crippen molar-refractivity contribution in [2.24, 2.45) is 5.92 Å². The Hall–Kier alpha value is -0.770. The van der Waals surface area contributed by atoms with Crippen LogP contribution in [0.2, 0.25) is 5.02 Å². The molecule has 114 valence electrons. The van der Waals surface area contributed by atoms with E-state index in [1.807, 2.05) is 0 Å².